The second kappa shape index (κ2) is 7.16. The monoisotopic (exact) mass is 374 g/mol. The number of hydrogen-bond donors (Lipinski definition) is 0. The summed E-state index contributed by atoms with van der Waals surface area (Å²) < 4.78 is 5.84. The summed E-state index contributed by atoms with van der Waals surface area (Å²) in [6, 6.07) is 3.94. The number of morpholine rings is 1. The summed E-state index contributed by atoms with van der Waals surface area (Å²) in [6.07, 6.45) is 5.33. The van der Waals surface area contributed by atoms with Crippen LogP contribution in [0.15, 0.2) is 23.2 Å². The zero-order chi connectivity index (χ0) is 18.3. The van der Waals surface area contributed by atoms with Crippen LogP contribution in [0.2, 0.25) is 0 Å². The first-order chi connectivity index (χ1) is 12.6. The molecule has 2 fully saturated rings. The van der Waals surface area contributed by atoms with E-state index < -0.39 is 0 Å². The summed E-state index contributed by atoms with van der Waals surface area (Å²) in [7, 11) is 0. The van der Waals surface area contributed by atoms with Crippen molar-refractivity contribution >= 4 is 28.7 Å². The molecule has 0 radical (unpaired) electrons. The lowest BCUT2D eigenvalue weighted by Gasteiger charge is -2.37. The first kappa shape index (κ1) is 17.7. The Morgan fingerprint density at radius 3 is 2.35 bits per heavy atom. The van der Waals surface area contributed by atoms with Crippen LogP contribution in [0.4, 0.5) is 0 Å². The molecular formula is C20H26N2O3S. The maximum absolute atomic E-state index is 13.4. The van der Waals surface area contributed by atoms with Gasteiger partial charge in [-0.05, 0) is 38.1 Å². The molecular weight excluding hydrogens is 348 g/mol. The van der Waals surface area contributed by atoms with Crippen LogP contribution in [0.3, 0.4) is 0 Å². The first-order valence-electron chi connectivity index (χ1n) is 9.62. The number of imide groups is 1. The molecule has 1 saturated carbocycles. The van der Waals surface area contributed by atoms with Gasteiger partial charge in [-0.3, -0.25) is 14.5 Å². The van der Waals surface area contributed by atoms with Crippen LogP contribution in [0.1, 0.15) is 50.8 Å². The number of hydrogen-bond acceptors (Lipinski definition) is 5. The Kier molecular flexibility index (Phi) is 4.88. The molecule has 2 aliphatic heterocycles. The second-order valence-electron chi connectivity index (χ2n) is 7.64. The van der Waals surface area contributed by atoms with Gasteiger partial charge in [-0.25, -0.2) is 0 Å². The number of ether oxygens (including phenoxy) is 1. The Morgan fingerprint density at radius 2 is 1.73 bits per heavy atom. The first-order valence-corrected chi connectivity index (χ1v) is 10.5. The zero-order valence-corrected chi connectivity index (χ0v) is 16.3. The minimum absolute atomic E-state index is 0.0440. The average molecular weight is 375 g/mol. The zero-order valence-electron chi connectivity index (χ0n) is 15.4. The van der Waals surface area contributed by atoms with Crippen LogP contribution in [0.25, 0.3) is 5.57 Å². The second-order valence-corrected chi connectivity index (χ2v) is 8.58. The van der Waals surface area contributed by atoms with Crippen molar-refractivity contribution in [3.8, 4) is 0 Å². The molecule has 0 bridgehead atoms. The summed E-state index contributed by atoms with van der Waals surface area (Å²) in [5, 5.41) is 1.96. The van der Waals surface area contributed by atoms with E-state index in [1.54, 1.807) is 4.90 Å². The molecule has 6 heteroatoms. The van der Waals surface area contributed by atoms with E-state index in [2.05, 4.69) is 4.90 Å². The van der Waals surface area contributed by atoms with Crippen molar-refractivity contribution in [3.05, 3.63) is 28.1 Å². The van der Waals surface area contributed by atoms with Gasteiger partial charge < -0.3 is 9.64 Å². The fourth-order valence-electron chi connectivity index (χ4n) is 4.50. The summed E-state index contributed by atoms with van der Waals surface area (Å²) in [4.78, 5) is 31.3. The molecule has 3 heterocycles. The Balaban J connectivity index is 1.73. The molecule has 2 unspecified atom stereocenters. The third-order valence-electron chi connectivity index (χ3n) is 5.53. The molecule has 2 atom stereocenters. The highest BCUT2D eigenvalue weighted by atomic mass is 32.1. The van der Waals surface area contributed by atoms with Crippen molar-refractivity contribution in [3.63, 3.8) is 0 Å². The van der Waals surface area contributed by atoms with E-state index in [0.717, 1.165) is 30.6 Å². The molecule has 3 aliphatic rings. The van der Waals surface area contributed by atoms with Gasteiger partial charge in [0.15, 0.2) is 0 Å². The topological polar surface area (TPSA) is 49.9 Å². The SMILES string of the molecule is CC1CN(C2=C(c3cccs3)C(=O)N(C3CCCCC3)C2=O)CC(C)O1. The van der Waals surface area contributed by atoms with Gasteiger partial charge in [0.1, 0.15) is 5.70 Å². The smallest absolute Gasteiger partial charge is 0.278 e. The van der Waals surface area contributed by atoms with Gasteiger partial charge in [-0.1, -0.05) is 25.3 Å². The third kappa shape index (κ3) is 3.09. The van der Waals surface area contributed by atoms with Gasteiger partial charge in [0.05, 0.1) is 17.8 Å². The molecule has 140 valence electrons. The molecule has 5 nitrogen and oxygen atoms in total. The Bertz CT molecular complexity index is 711. The summed E-state index contributed by atoms with van der Waals surface area (Å²) in [5.74, 6) is -0.210. The highest BCUT2D eigenvalue weighted by Crippen LogP contribution is 2.38. The van der Waals surface area contributed by atoms with E-state index in [0.29, 0.717) is 24.4 Å². The van der Waals surface area contributed by atoms with Gasteiger partial charge >= 0.3 is 0 Å². The maximum Gasteiger partial charge on any atom is 0.278 e. The third-order valence-corrected chi connectivity index (χ3v) is 6.42. The van der Waals surface area contributed by atoms with E-state index in [9.17, 15) is 9.59 Å². The lowest BCUT2D eigenvalue weighted by atomic mass is 9.94. The number of nitrogens with zero attached hydrogens (tertiary/aromatic N) is 2. The highest BCUT2D eigenvalue weighted by molar-refractivity contribution is 7.11. The summed E-state index contributed by atoms with van der Waals surface area (Å²) in [6.45, 7) is 5.33. The van der Waals surface area contributed by atoms with E-state index in [1.165, 1.54) is 17.8 Å². The normalized spacial score (nSPS) is 28.4. The molecule has 0 spiro atoms. The van der Waals surface area contributed by atoms with Crippen LogP contribution in [-0.4, -0.2) is 53.0 Å². The minimum atomic E-state index is -0.105. The van der Waals surface area contributed by atoms with Crippen LogP contribution >= 0.6 is 11.3 Å². The highest BCUT2D eigenvalue weighted by Gasteiger charge is 2.46. The number of amides is 2. The number of carbonyl (C=O) groups is 2. The molecule has 1 aromatic heterocycles. The lowest BCUT2D eigenvalue weighted by molar-refractivity contribution is -0.141. The number of carbonyl (C=O) groups excluding carboxylic acids is 2. The summed E-state index contributed by atoms with van der Waals surface area (Å²) >= 11 is 1.53. The summed E-state index contributed by atoms with van der Waals surface area (Å²) in [5.41, 5.74) is 1.18. The van der Waals surface area contributed by atoms with E-state index in [4.69, 9.17) is 4.74 Å². The number of thiophene rings is 1. The molecule has 0 N–H and O–H groups in total. The fraction of sp³-hybridized carbons (Fsp3) is 0.600. The van der Waals surface area contributed by atoms with Crippen LogP contribution in [-0.2, 0) is 14.3 Å². The van der Waals surface area contributed by atoms with Crippen molar-refractivity contribution in [1.82, 2.24) is 9.80 Å². The average Bonchev–Trinajstić information content (AvgIpc) is 3.21. The quantitative estimate of drug-likeness (QED) is 0.762. The van der Waals surface area contributed by atoms with Crippen molar-refractivity contribution in [2.24, 2.45) is 0 Å². The minimum Gasteiger partial charge on any atom is -0.372 e. The van der Waals surface area contributed by atoms with Crippen molar-refractivity contribution in [1.29, 1.82) is 0 Å². The van der Waals surface area contributed by atoms with Crippen LogP contribution < -0.4 is 0 Å². The predicted octanol–water partition coefficient (Wildman–Crippen LogP) is 3.27. The maximum atomic E-state index is 13.4. The lowest BCUT2D eigenvalue weighted by Crippen LogP contribution is -2.48. The molecule has 26 heavy (non-hydrogen) atoms. The van der Waals surface area contributed by atoms with Gasteiger partial charge in [0.2, 0.25) is 0 Å². The fourth-order valence-corrected chi connectivity index (χ4v) is 5.27. The van der Waals surface area contributed by atoms with Crippen LogP contribution in [0.5, 0.6) is 0 Å². The van der Waals surface area contributed by atoms with Gasteiger partial charge in [0, 0.05) is 24.0 Å². The molecule has 1 aromatic rings. The molecule has 1 aliphatic carbocycles. The molecule has 2 amide bonds. The molecule has 4 rings (SSSR count). The van der Waals surface area contributed by atoms with E-state index in [-0.39, 0.29) is 30.1 Å². The van der Waals surface area contributed by atoms with Crippen LogP contribution in [0, 0.1) is 0 Å². The Morgan fingerprint density at radius 1 is 1.04 bits per heavy atom. The predicted molar refractivity (Wildman–Crippen MR) is 102 cm³/mol. The van der Waals surface area contributed by atoms with Crippen molar-refractivity contribution in [2.45, 2.75) is 64.2 Å². The van der Waals surface area contributed by atoms with E-state index >= 15 is 0 Å². The van der Waals surface area contributed by atoms with Gasteiger partial charge in [0.25, 0.3) is 11.8 Å². The largest absolute Gasteiger partial charge is 0.372 e. The molecule has 1 saturated heterocycles. The Labute approximate surface area is 158 Å². The Hall–Kier alpha value is -1.66. The van der Waals surface area contributed by atoms with Crippen molar-refractivity contribution < 1.29 is 14.3 Å². The van der Waals surface area contributed by atoms with Gasteiger partial charge in [-0.2, -0.15) is 0 Å². The molecule has 0 aromatic carbocycles. The van der Waals surface area contributed by atoms with E-state index in [1.807, 2.05) is 31.4 Å². The number of rotatable bonds is 3. The van der Waals surface area contributed by atoms with Crippen molar-refractivity contribution in [2.75, 3.05) is 13.1 Å². The standard InChI is InChI=1S/C20H26N2O3S/c1-13-11-21(12-14(2)25-13)18-17(16-9-6-10-26-16)19(23)22(20(18)24)15-7-4-3-5-8-15/h6,9-10,13-15H,3-5,7-8,11-12H2,1-2H3. The van der Waals surface area contributed by atoms with Gasteiger partial charge in [-0.15, -0.1) is 11.3 Å².